The molecule has 0 aromatic carbocycles. The Hall–Kier alpha value is -1.72. The molecule has 1 fully saturated rings. The second-order valence-corrected chi connectivity index (χ2v) is 7.46. The second-order valence-electron chi connectivity index (χ2n) is 7.46. The number of nitrogens with zero attached hydrogens (tertiary/aromatic N) is 4. The van der Waals surface area contributed by atoms with E-state index < -0.39 is 0 Å². The Kier molecular flexibility index (Phi) is 6.21. The van der Waals surface area contributed by atoms with E-state index in [1.807, 2.05) is 23.3 Å². The number of pyridine rings is 1. The van der Waals surface area contributed by atoms with Gasteiger partial charge >= 0.3 is 0 Å². The molecule has 1 saturated heterocycles. The molecule has 3 rings (SSSR count). The molecule has 0 unspecified atom stereocenters. The van der Waals surface area contributed by atoms with E-state index in [0.717, 1.165) is 13.0 Å². The van der Waals surface area contributed by atoms with E-state index >= 15 is 0 Å². The summed E-state index contributed by atoms with van der Waals surface area (Å²) in [5, 5.41) is 8.25. The predicted octanol–water partition coefficient (Wildman–Crippen LogP) is 3.22. The first-order chi connectivity index (χ1) is 12.1. The van der Waals surface area contributed by atoms with Gasteiger partial charge in [0.2, 0.25) is 0 Å². The maximum Gasteiger partial charge on any atom is 0.0537 e. The molecule has 2 aromatic rings. The highest BCUT2D eigenvalue weighted by molar-refractivity contribution is 5.11. The topological polar surface area (TPSA) is 46.0 Å². The highest BCUT2D eigenvalue weighted by Crippen LogP contribution is 2.18. The van der Waals surface area contributed by atoms with Crippen LogP contribution in [0, 0.1) is 0 Å². The van der Waals surface area contributed by atoms with Crippen LogP contribution in [0.3, 0.4) is 0 Å². The first-order valence-electron chi connectivity index (χ1n) is 9.53. The summed E-state index contributed by atoms with van der Waals surface area (Å²) in [5.74, 6) is 0. The SMILES string of the molecule is CC(C)n1cc([C@@H](C)NC2CCN(CCc3ccncc3)CC2)cn1. The highest BCUT2D eigenvalue weighted by atomic mass is 15.3. The maximum atomic E-state index is 4.46. The molecule has 1 N–H and O–H groups in total. The summed E-state index contributed by atoms with van der Waals surface area (Å²) in [7, 11) is 0. The molecule has 0 spiro atoms. The molecule has 25 heavy (non-hydrogen) atoms. The van der Waals surface area contributed by atoms with Crippen molar-refractivity contribution in [3.8, 4) is 0 Å². The summed E-state index contributed by atoms with van der Waals surface area (Å²) in [6, 6.07) is 5.63. The molecule has 136 valence electrons. The van der Waals surface area contributed by atoms with Crippen LogP contribution in [-0.2, 0) is 6.42 Å². The monoisotopic (exact) mass is 341 g/mol. The third-order valence-corrected chi connectivity index (χ3v) is 5.19. The molecule has 0 saturated carbocycles. The lowest BCUT2D eigenvalue weighted by atomic mass is 10.0. The molecule has 1 atom stereocenters. The van der Waals surface area contributed by atoms with Crippen molar-refractivity contribution in [2.75, 3.05) is 19.6 Å². The summed E-state index contributed by atoms with van der Waals surface area (Å²) < 4.78 is 2.04. The van der Waals surface area contributed by atoms with Crippen LogP contribution in [0.25, 0.3) is 0 Å². The Balaban J connectivity index is 1.41. The lowest BCUT2D eigenvalue weighted by Crippen LogP contribution is -2.43. The van der Waals surface area contributed by atoms with Crippen LogP contribution in [0.4, 0.5) is 0 Å². The van der Waals surface area contributed by atoms with Crippen LogP contribution in [0.15, 0.2) is 36.9 Å². The van der Waals surface area contributed by atoms with Crippen molar-refractivity contribution in [1.82, 2.24) is 25.0 Å². The molecule has 1 aliphatic rings. The van der Waals surface area contributed by atoms with Crippen molar-refractivity contribution in [2.45, 2.75) is 58.2 Å². The van der Waals surface area contributed by atoms with E-state index in [1.165, 1.54) is 37.1 Å². The van der Waals surface area contributed by atoms with Crippen molar-refractivity contribution in [3.05, 3.63) is 48.0 Å². The van der Waals surface area contributed by atoms with Gasteiger partial charge in [0.25, 0.3) is 0 Å². The van der Waals surface area contributed by atoms with E-state index in [-0.39, 0.29) is 0 Å². The number of hydrogen-bond donors (Lipinski definition) is 1. The minimum atomic E-state index is 0.362. The van der Waals surface area contributed by atoms with Gasteiger partial charge in [-0.05, 0) is 70.8 Å². The van der Waals surface area contributed by atoms with Gasteiger partial charge in [0.1, 0.15) is 0 Å². The lowest BCUT2D eigenvalue weighted by Gasteiger charge is -2.33. The standard InChI is InChI=1S/C20H31N5/c1-16(2)25-15-19(14-22-25)17(3)23-20-7-12-24(13-8-20)11-6-18-4-9-21-10-5-18/h4-5,9-10,14-17,20,23H,6-8,11-13H2,1-3H3/t17-/m1/s1. The molecule has 1 aliphatic heterocycles. The summed E-state index contributed by atoms with van der Waals surface area (Å²) >= 11 is 0. The van der Waals surface area contributed by atoms with Crippen molar-refractivity contribution in [1.29, 1.82) is 0 Å². The Bertz CT molecular complexity index is 629. The summed E-state index contributed by atoms with van der Waals surface area (Å²) in [5.41, 5.74) is 2.67. The van der Waals surface area contributed by atoms with E-state index in [4.69, 9.17) is 0 Å². The van der Waals surface area contributed by atoms with Gasteiger partial charge in [-0.25, -0.2) is 0 Å². The summed E-state index contributed by atoms with van der Waals surface area (Å²) in [6.07, 6.45) is 11.5. The van der Waals surface area contributed by atoms with Gasteiger partial charge in [-0.1, -0.05) is 0 Å². The normalized spacial score (nSPS) is 17.9. The Morgan fingerprint density at radius 1 is 1.16 bits per heavy atom. The van der Waals surface area contributed by atoms with E-state index in [0.29, 0.717) is 18.1 Å². The quantitative estimate of drug-likeness (QED) is 0.840. The van der Waals surface area contributed by atoms with Gasteiger partial charge in [0.15, 0.2) is 0 Å². The first kappa shape index (κ1) is 18.1. The number of likely N-dealkylation sites (tertiary alicyclic amines) is 1. The fraction of sp³-hybridized carbons (Fsp3) is 0.600. The molecule has 3 heterocycles. The summed E-state index contributed by atoms with van der Waals surface area (Å²) in [4.78, 5) is 6.67. The minimum Gasteiger partial charge on any atom is -0.307 e. The van der Waals surface area contributed by atoms with Gasteiger partial charge in [-0.2, -0.15) is 5.10 Å². The highest BCUT2D eigenvalue weighted by Gasteiger charge is 2.21. The zero-order valence-electron chi connectivity index (χ0n) is 15.7. The van der Waals surface area contributed by atoms with Crippen LogP contribution < -0.4 is 5.32 Å². The lowest BCUT2D eigenvalue weighted by molar-refractivity contribution is 0.194. The number of piperidine rings is 1. The molecule has 0 bridgehead atoms. The van der Waals surface area contributed by atoms with Crippen molar-refractivity contribution < 1.29 is 0 Å². The van der Waals surface area contributed by atoms with Crippen molar-refractivity contribution >= 4 is 0 Å². The van der Waals surface area contributed by atoms with E-state index in [1.54, 1.807) is 0 Å². The largest absolute Gasteiger partial charge is 0.307 e. The second kappa shape index (κ2) is 8.59. The maximum absolute atomic E-state index is 4.46. The van der Waals surface area contributed by atoms with Crippen molar-refractivity contribution in [3.63, 3.8) is 0 Å². The first-order valence-corrected chi connectivity index (χ1v) is 9.53. The average molecular weight is 342 g/mol. The van der Waals surface area contributed by atoms with Gasteiger partial charge < -0.3 is 10.2 Å². The molecule has 5 heteroatoms. The predicted molar refractivity (Wildman–Crippen MR) is 102 cm³/mol. The average Bonchev–Trinajstić information content (AvgIpc) is 3.13. The molecule has 5 nitrogen and oxygen atoms in total. The van der Waals surface area contributed by atoms with Gasteiger partial charge in [0.05, 0.1) is 6.20 Å². The van der Waals surface area contributed by atoms with Gasteiger partial charge in [0, 0.05) is 48.8 Å². The van der Waals surface area contributed by atoms with Crippen LogP contribution in [0.5, 0.6) is 0 Å². The molecule has 0 amide bonds. The van der Waals surface area contributed by atoms with Crippen LogP contribution >= 0.6 is 0 Å². The third kappa shape index (κ3) is 5.13. The molecular weight excluding hydrogens is 310 g/mol. The number of hydrogen-bond acceptors (Lipinski definition) is 4. The molecule has 0 radical (unpaired) electrons. The fourth-order valence-corrected chi connectivity index (χ4v) is 3.47. The van der Waals surface area contributed by atoms with Crippen molar-refractivity contribution in [2.24, 2.45) is 0 Å². The Morgan fingerprint density at radius 2 is 1.88 bits per heavy atom. The molecule has 0 aliphatic carbocycles. The van der Waals surface area contributed by atoms with Crippen LogP contribution in [0.2, 0.25) is 0 Å². The third-order valence-electron chi connectivity index (χ3n) is 5.19. The zero-order chi connectivity index (χ0) is 17.6. The smallest absolute Gasteiger partial charge is 0.0537 e. The number of rotatable bonds is 7. The molecule has 2 aromatic heterocycles. The van der Waals surface area contributed by atoms with E-state index in [2.05, 4.69) is 59.4 Å². The Morgan fingerprint density at radius 3 is 2.52 bits per heavy atom. The number of nitrogens with one attached hydrogen (secondary N) is 1. The fourth-order valence-electron chi connectivity index (χ4n) is 3.47. The minimum absolute atomic E-state index is 0.362. The van der Waals surface area contributed by atoms with Gasteiger partial charge in [-0.15, -0.1) is 0 Å². The van der Waals surface area contributed by atoms with Crippen LogP contribution in [0.1, 0.15) is 56.8 Å². The number of aromatic nitrogens is 3. The van der Waals surface area contributed by atoms with E-state index in [9.17, 15) is 0 Å². The van der Waals surface area contributed by atoms with Gasteiger partial charge in [-0.3, -0.25) is 9.67 Å². The zero-order valence-corrected chi connectivity index (χ0v) is 15.7. The summed E-state index contributed by atoms with van der Waals surface area (Å²) in [6.45, 7) is 10.1. The molecular formula is C20H31N5. The van der Waals surface area contributed by atoms with Crippen LogP contribution in [-0.4, -0.2) is 45.3 Å². The Labute approximate surface area is 151 Å².